The topological polar surface area (TPSA) is 227 Å². The van der Waals surface area contributed by atoms with Crippen LogP contribution >= 0.6 is 0 Å². The summed E-state index contributed by atoms with van der Waals surface area (Å²) >= 11 is 0. The third-order valence-electron chi connectivity index (χ3n) is 14.5. The Morgan fingerprint density at radius 1 is 0.971 bits per heavy atom. The number of aryl methyl sites for hydroxylation is 2. The number of H-pyrrole nitrogens is 1. The van der Waals surface area contributed by atoms with Crippen LogP contribution in [0.4, 0.5) is 4.79 Å². The van der Waals surface area contributed by atoms with Crippen LogP contribution < -0.4 is 11.2 Å². The number of carbonyl (C=O) groups excluding carboxylic acids is 3. The van der Waals surface area contributed by atoms with Crippen molar-refractivity contribution in [3.63, 3.8) is 0 Å². The maximum atomic E-state index is 14.2. The summed E-state index contributed by atoms with van der Waals surface area (Å²) in [5.74, 6) is -0.642. The number of aromatic hydroxyl groups is 3. The molecule has 3 aliphatic heterocycles. The number of rotatable bonds is 11. The Labute approximate surface area is 401 Å². The molecule has 7 aromatic rings. The predicted octanol–water partition coefficient (Wildman–Crippen LogP) is 6.78. The molecule has 7 heterocycles. The summed E-state index contributed by atoms with van der Waals surface area (Å²) in [5.41, 5.74) is 3.66. The predicted molar refractivity (Wildman–Crippen MR) is 259 cm³/mol. The van der Waals surface area contributed by atoms with Gasteiger partial charge in [-0.05, 0) is 110 Å². The summed E-state index contributed by atoms with van der Waals surface area (Å²) < 4.78 is 16.7. The largest absolute Gasteiger partial charge is 0.508 e. The summed E-state index contributed by atoms with van der Waals surface area (Å²) in [6.45, 7) is 8.97. The van der Waals surface area contributed by atoms with Crippen molar-refractivity contribution in [3.05, 3.63) is 116 Å². The number of nitrogens with one attached hydrogen (secondary N) is 1. The number of cyclic esters (lactones) is 1. The molecule has 70 heavy (non-hydrogen) atoms. The molecule has 18 nitrogen and oxygen atoms in total. The van der Waals surface area contributed by atoms with Crippen LogP contribution in [0.2, 0.25) is 0 Å². The standard InChI is InChI=1S/C52H54N8O10/c1-6-33-35-21-32(61)9-10-40(35)53-46-37(33)25-59-42(46)23-39-38(48(59)65)27-69-49(66)52(39,7-2)70-51(68)56(5)26-45(64)58-17-13-29(14-18-58)12-16-57-19-15-30-20-31(8-11-41(30)57)60-47(54-55-50(60)67)36-22-34(28(3)4)43(62)24-44(36)63/h8-11,15,19-24,28-29,61-63H,6-7,12-14,16-18,25-27H2,1-5H3,(H,55,67)/t52-/m0/s1. The minimum absolute atomic E-state index is 0.0267. The molecule has 4 N–H and O–H groups in total. The number of likely N-dealkylation sites (tertiary alicyclic amines) is 1. The average Bonchev–Trinajstić information content (AvgIpc) is 4.05. The Bertz CT molecular complexity index is 3410. The van der Waals surface area contributed by atoms with Crippen LogP contribution in [-0.2, 0) is 50.8 Å². The molecule has 0 unspecified atom stereocenters. The molecule has 4 aromatic heterocycles. The van der Waals surface area contributed by atoms with E-state index in [-0.39, 0.29) is 77.7 Å². The van der Waals surface area contributed by atoms with E-state index >= 15 is 0 Å². The second kappa shape index (κ2) is 17.6. The van der Waals surface area contributed by atoms with Crippen molar-refractivity contribution < 1.29 is 39.2 Å². The summed E-state index contributed by atoms with van der Waals surface area (Å²) in [6, 6.07) is 17.2. The number of piperidine rings is 1. The van der Waals surface area contributed by atoms with Crippen LogP contribution in [-0.4, -0.2) is 98.7 Å². The Kier molecular flexibility index (Phi) is 11.5. The van der Waals surface area contributed by atoms with E-state index in [1.54, 1.807) is 46.7 Å². The second-order valence-electron chi connectivity index (χ2n) is 18.9. The van der Waals surface area contributed by atoms with Crippen LogP contribution in [0.25, 0.3) is 50.3 Å². The number of phenolic OH excluding ortho intramolecular Hbond substituents is 3. The van der Waals surface area contributed by atoms with E-state index in [1.165, 1.54) is 17.7 Å². The fraction of sp³-hybridized carbons (Fsp3) is 0.365. The Morgan fingerprint density at radius 3 is 2.50 bits per heavy atom. The van der Waals surface area contributed by atoms with Crippen molar-refractivity contribution in [1.82, 2.24) is 38.7 Å². The zero-order chi connectivity index (χ0) is 49.3. The number of amides is 2. The monoisotopic (exact) mass is 950 g/mol. The molecule has 1 saturated heterocycles. The van der Waals surface area contributed by atoms with Gasteiger partial charge in [-0.1, -0.05) is 27.7 Å². The lowest BCUT2D eigenvalue weighted by atomic mass is 9.85. The summed E-state index contributed by atoms with van der Waals surface area (Å²) in [5, 5.41) is 39.8. The van der Waals surface area contributed by atoms with Gasteiger partial charge in [0.05, 0.1) is 40.3 Å². The third kappa shape index (κ3) is 7.61. The Hall–Kier alpha value is -7.89. The number of carbonyl (C=O) groups is 3. The first kappa shape index (κ1) is 45.9. The smallest absolute Gasteiger partial charge is 0.411 e. The Morgan fingerprint density at radius 2 is 1.76 bits per heavy atom. The number of hydrogen-bond acceptors (Lipinski definition) is 12. The first-order valence-corrected chi connectivity index (χ1v) is 23.7. The number of ether oxygens (including phenoxy) is 2. The number of fused-ring (bicyclic) bond motifs is 6. The van der Waals surface area contributed by atoms with Crippen molar-refractivity contribution in [2.24, 2.45) is 5.92 Å². The highest BCUT2D eigenvalue weighted by molar-refractivity contribution is 5.91. The number of phenols is 3. The van der Waals surface area contributed by atoms with E-state index < -0.39 is 23.4 Å². The van der Waals surface area contributed by atoms with Crippen LogP contribution in [0.15, 0.2) is 76.4 Å². The maximum absolute atomic E-state index is 14.2. The first-order chi connectivity index (χ1) is 33.6. The molecule has 3 aliphatic rings. The van der Waals surface area contributed by atoms with Gasteiger partial charge in [0.15, 0.2) is 5.82 Å². The summed E-state index contributed by atoms with van der Waals surface area (Å²) in [6.07, 6.45) is 4.12. The minimum Gasteiger partial charge on any atom is -0.508 e. The number of pyridine rings is 2. The molecule has 1 fully saturated rings. The lowest BCUT2D eigenvalue weighted by molar-refractivity contribution is -0.173. The number of nitrogens with zero attached hydrogens (tertiary/aromatic N) is 7. The number of esters is 1. The van der Waals surface area contributed by atoms with E-state index in [0.717, 1.165) is 58.1 Å². The molecule has 0 aliphatic carbocycles. The fourth-order valence-corrected chi connectivity index (χ4v) is 10.6. The first-order valence-electron chi connectivity index (χ1n) is 23.7. The van der Waals surface area contributed by atoms with E-state index in [9.17, 15) is 39.3 Å². The number of aromatic amines is 1. The average molecular weight is 951 g/mol. The Balaban J connectivity index is 0.780. The SMILES string of the molecule is CCc1c2c(nc3ccc(O)cc13)-c1cc3c(c(=O)n1C2)COC(=O)[C@@]3(CC)OC(=O)N(C)CC(=O)N1CCC(CCn2ccc3cc(-n4c(-c5cc(C(C)C)c(O)cc5O)n[nH]c4=O)ccc32)CC1. The van der Waals surface area contributed by atoms with Gasteiger partial charge >= 0.3 is 17.8 Å². The molecule has 1 atom stereocenters. The quantitative estimate of drug-likeness (QED) is 0.0984. The molecule has 0 saturated carbocycles. The normalized spacial score (nSPS) is 16.7. The van der Waals surface area contributed by atoms with Crippen molar-refractivity contribution in [2.45, 2.75) is 91.0 Å². The zero-order valence-electron chi connectivity index (χ0n) is 39.6. The highest BCUT2D eigenvalue weighted by atomic mass is 16.6. The number of likely N-dealkylation sites (N-methyl/N-ethyl adjacent to an activating group) is 1. The van der Waals surface area contributed by atoms with Gasteiger partial charge in [0.25, 0.3) is 5.56 Å². The lowest BCUT2D eigenvalue weighted by Crippen LogP contribution is -2.50. The number of hydrogen-bond donors (Lipinski definition) is 4. The van der Waals surface area contributed by atoms with Gasteiger partial charge in [0.2, 0.25) is 11.5 Å². The number of aromatic nitrogens is 6. The highest BCUT2D eigenvalue weighted by Crippen LogP contribution is 2.43. The van der Waals surface area contributed by atoms with Crippen LogP contribution in [0.3, 0.4) is 0 Å². The molecule has 10 rings (SSSR count). The molecule has 0 spiro atoms. The molecule has 18 heteroatoms. The van der Waals surface area contributed by atoms with Gasteiger partial charge in [0.1, 0.15) is 30.4 Å². The zero-order valence-corrected chi connectivity index (χ0v) is 39.6. The van der Waals surface area contributed by atoms with Crippen molar-refractivity contribution in [1.29, 1.82) is 0 Å². The third-order valence-corrected chi connectivity index (χ3v) is 14.5. The second-order valence-corrected chi connectivity index (χ2v) is 18.9. The summed E-state index contributed by atoms with van der Waals surface area (Å²) in [7, 11) is 1.44. The van der Waals surface area contributed by atoms with Gasteiger partial charge in [-0.3, -0.25) is 9.59 Å². The van der Waals surface area contributed by atoms with E-state index in [1.807, 2.05) is 51.2 Å². The molecular weight excluding hydrogens is 897 g/mol. The van der Waals surface area contributed by atoms with Crippen molar-refractivity contribution >= 4 is 39.8 Å². The molecule has 362 valence electrons. The number of benzene rings is 3. The molecule has 3 aromatic carbocycles. The minimum atomic E-state index is -1.94. The maximum Gasteiger partial charge on any atom is 0.411 e. The molecule has 0 bridgehead atoms. The summed E-state index contributed by atoms with van der Waals surface area (Å²) in [4.78, 5) is 76.2. The van der Waals surface area contributed by atoms with Crippen molar-refractivity contribution in [2.75, 3.05) is 26.7 Å². The van der Waals surface area contributed by atoms with Gasteiger partial charge in [-0.25, -0.2) is 29.0 Å². The van der Waals surface area contributed by atoms with Gasteiger partial charge in [0, 0.05) is 66.4 Å². The van der Waals surface area contributed by atoms with E-state index in [2.05, 4.69) is 14.8 Å². The van der Waals surface area contributed by atoms with E-state index in [4.69, 9.17) is 14.5 Å². The van der Waals surface area contributed by atoms with Crippen LogP contribution in [0.1, 0.15) is 87.1 Å². The van der Waals surface area contributed by atoms with Gasteiger partial charge in [-0.15, -0.1) is 0 Å². The lowest BCUT2D eigenvalue weighted by Gasteiger charge is -2.37. The van der Waals surface area contributed by atoms with Crippen LogP contribution in [0.5, 0.6) is 17.2 Å². The highest BCUT2D eigenvalue weighted by Gasteiger charge is 2.51. The molecule has 2 amide bonds. The van der Waals surface area contributed by atoms with E-state index in [0.29, 0.717) is 59.1 Å². The van der Waals surface area contributed by atoms with Gasteiger partial charge < -0.3 is 43.7 Å². The van der Waals surface area contributed by atoms with Gasteiger partial charge in [-0.2, -0.15) is 5.10 Å². The fourth-order valence-electron chi connectivity index (χ4n) is 10.6. The van der Waals surface area contributed by atoms with Crippen molar-refractivity contribution in [3.8, 4) is 45.7 Å². The van der Waals surface area contributed by atoms with Crippen LogP contribution in [0, 0.1) is 5.92 Å². The molecule has 0 radical (unpaired) electrons. The molecular formula is C52H54N8O10.